The van der Waals surface area contributed by atoms with Crippen LogP contribution in [-0.2, 0) is 0 Å². The molecule has 2 fully saturated rings. The highest BCUT2D eigenvalue weighted by Crippen LogP contribution is 2.48. The standard InChI is InChI=1S/C25H33Cl/c1-2-3-4-5-18-6-7-20-15-21(9-8-19(20)14-18)22-10-11-24-17-25(26)13-12-23(24)16-22/h10-13,16-21H,2-9,14-15H2,1H3. The van der Waals surface area contributed by atoms with Crippen molar-refractivity contribution in [2.45, 2.75) is 77.0 Å². The van der Waals surface area contributed by atoms with Gasteiger partial charge in [-0.1, -0.05) is 74.9 Å². The zero-order valence-electron chi connectivity index (χ0n) is 16.2. The molecule has 0 bridgehead atoms. The Bertz CT molecular complexity index is 734. The van der Waals surface area contributed by atoms with Crippen molar-refractivity contribution in [1.82, 2.24) is 0 Å². The normalized spacial score (nSPS) is 28.8. The molecule has 1 heteroatoms. The highest BCUT2D eigenvalue weighted by molar-refractivity contribution is 6.31. The quantitative estimate of drug-likeness (QED) is 0.465. The van der Waals surface area contributed by atoms with Gasteiger partial charge in [0.1, 0.15) is 0 Å². The summed E-state index contributed by atoms with van der Waals surface area (Å²) in [7, 11) is 0. The largest absolute Gasteiger partial charge is 0.0843 e. The number of halogens is 1. The van der Waals surface area contributed by atoms with Crippen LogP contribution in [0, 0.1) is 17.8 Å². The van der Waals surface area contributed by atoms with Crippen LogP contribution in [0.25, 0.3) is 10.8 Å². The lowest BCUT2D eigenvalue weighted by molar-refractivity contribution is 0.113. The Kier molecular flexibility index (Phi) is 5.89. The maximum Gasteiger partial charge on any atom is 0.0412 e. The molecule has 0 heterocycles. The van der Waals surface area contributed by atoms with Gasteiger partial charge in [0.25, 0.3) is 0 Å². The van der Waals surface area contributed by atoms with Gasteiger partial charge in [0, 0.05) is 5.02 Å². The van der Waals surface area contributed by atoms with Crippen molar-refractivity contribution in [3.8, 4) is 0 Å². The predicted molar refractivity (Wildman–Crippen MR) is 114 cm³/mol. The predicted octanol–water partition coefficient (Wildman–Crippen LogP) is 8.37. The molecule has 2 aromatic carbocycles. The van der Waals surface area contributed by atoms with Crippen molar-refractivity contribution >= 4 is 22.4 Å². The molecule has 26 heavy (non-hydrogen) atoms. The molecule has 0 saturated heterocycles. The summed E-state index contributed by atoms with van der Waals surface area (Å²) in [4.78, 5) is 0. The number of fused-ring (bicyclic) bond motifs is 2. The summed E-state index contributed by atoms with van der Waals surface area (Å²) in [6.07, 6.45) is 14.5. The van der Waals surface area contributed by atoms with E-state index >= 15 is 0 Å². The zero-order valence-corrected chi connectivity index (χ0v) is 17.0. The molecule has 2 aliphatic rings. The zero-order chi connectivity index (χ0) is 17.9. The number of unbranched alkanes of at least 4 members (excludes halogenated alkanes) is 2. The van der Waals surface area contributed by atoms with E-state index in [1.165, 1.54) is 75.0 Å². The van der Waals surface area contributed by atoms with E-state index in [-0.39, 0.29) is 0 Å². The maximum absolute atomic E-state index is 6.14. The van der Waals surface area contributed by atoms with Crippen molar-refractivity contribution in [2.24, 2.45) is 17.8 Å². The molecule has 0 spiro atoms. The van der Waals surface area contributed by atoms with Gasteiger partial charge >= 0.3 is 0 Å². The highest BCUT2D eigenvalue weighted by Gasteiger charge is 2.35. The average molecular weight is 369 g/mol. The SMILES string of the molecule is CCCCCC1CCC2CC(c3ccc4cc(Cl)ccc4c3)CCC2C1. The van der Waals surface area contributed by atoms with Gasteiger partial charge in [-0.3, -0.25) is 0 Å². The summed E-state index contributed by atoms with van der Waals surface area (Å²) in [5.41, 5.74) is 1.56. The van der Waals surface area contributed by atoms with Crippen LogP contribution in [0.5, 0.6) is 0 Å². The molecule has 0 aliphatic heterocycles. The number of rotatable bonds is 5. The van der Waals surface area contributed by atoms with Crippen molar-refractivity contribution in [3.63, 3.8) is 0 Å². The second-order valence-corrected chi connectivity index (χ2v) is 9.39. The van der Waals surface area contributed by atoms with E-state index in [9.17, 15) is 0 Å². The van der Waals surface area contributed by atoms with Crippen LogP contribution >= 0.6 is 11.6 Å². The Labute approximate surface area is 164 Å². The summed E-state index contributed by atoms with van der Waals surface area (Å²) in [5.74, 6) is 3.81. The Morgan fingerprint density at radius 1 is 0.846 bits per heavy atom. The lowest BCUT2D eigenvalue weighted by atomic mass is 9.63. The molecule has 2 saturated carbocycles. The molecule has 2 aromatic rings. The van der Waals surface area contributed by atoms with Gasteiger partial charge in [-0.15, -0.1) is 0 Å². The Morgan fingerprint density at radius 2 is 1.62 bits per heavy atom. The van der Waals surface area contributed by atoms with Crippen LogP contribution in [0.4, 0.5) is 0 Å². The molecular weight excluding hydrogens is 336 g/mol. The minimum absolute atomic E-state index is 0.771. The van der Waals surface area contributed by atoms with Gasteiger partial charge in [-0.25, -0.2) is 0 Å². The van der Waals surface area contributed by atoms with Crippen LogP contribution in [0.1, 0.15) is 82.6 Å². The smallest absolute Gasteiger partial charge is 0.0412 e. The molecular formula is C25H33Cl. The van der Waals surface area contributed by atoms with E-state index in [0.717, 1.165) is 28.7 Å². The van der Waals surface area contributed by atoms with Crippen LogP contribution in [-0.4, -0.2) is 0 Å². The van der Waals surface area contributed by atoms with Gasteiger partial charge in [-0.05, 0) is 84.2 Å². The summed E-state index contributed by atoms with van der Waals surface area (Å²) >= 11 is 6.14. The molecule has 0 radical (unpaired) electrons. The molecule has 4 unspecified atom stereocenters. The summed E-state index contributed by atoms with van der Waals surface area (Å²) in [5, 5.41) is 3.44. The first-order valence-corrected chi connectivity index (χ1v) is 11.3. The molecule has 0 amide bonds. The Morgan fingerprint density at radius 3 is 2.50 bits per heavy atom. The summed E-state index contributed by atoms with van der Waals surface area (Å²) < 4.78 is 0. The topological polar surface area (TPSA) is 0 Å². The maximum atomic E-state index is 6.14. The molecule has 4 atom stereocenters. The van der Waals surface area contributed by atoms with Crippen molar-refractivity contribution in [1.29, 1.82) is 0 Å². The van der Waals surface area contributed by atoms with Crippen LogP contribution in [0.15, 0.2) is 36.4 Å². The minimum atomic E-state index is 0.771. The monoisotopic (exact) mass is 368 g/mol. The third kappa shape index (κ3) is 4.11. The minimum Gasteiger partial charge on any atom is -0.0843 e. The fraction of sp³-hybridized carbons (Fsp3) is 0.600. The van der Waals surface area contributed by atoms with E-state index < -0.39 is 0 Å². The summed E-state index contributed by atoms with van der Waals surface area (Å²) in [6.45, 7) is 2.32. The van der Waals surface area contributed by atoms with Gasteiger partial charge in [0.15, 0.2) is 0 Å². The van der Waals surface area contributed by atoms with Gasteiger partial charge in [0.2, 0.25) is 0 Å². The average Bonchev–Trinajstić information content (AvgIpc) is 2.67. The van der Waals surface area contributed by atoms with Gasteiger partial charge < -0.3 is 0 Å². The summed E-state index contributed by atoms with van der Waals surface area (Å²) in [6, 6.07) is 13.3. The van der Waals surface area contributed by atoms with E-state index in [1.807, 2.05) is 6.07 Å². The van der Waals surface area contributed by atoms with E-state index in [4.69, 9.17) is 11.6 Å². The third-order valence-corrected chi connectivity index (χ3v) is 7.47. The molecule has 2 aliphatic carbocycles. The van der Waals surface area contributed by atoms with Crippen molar-refractivity contribution < 1.29 is 0 Å². The lowest BCUT2D eigenvalue weighted by Crippen LogP contribution is -2.30. The molecule has 0 N–H and O–H groups in total. The number of benzene rings is 2. The van der Waals surface area contributed by atoms with Crippen molar-refractivity contribution in [2.75, 3.05) is 0 Å². The van der Waals surface area contributed by atoms with Crippen LogP contribution in [0.2, 0.25) is 5.02 Å². The second kappa shape index (κ2) is 8.34. The Balaban J connectivity index is 1.39. The third-order valence-electron chi connectivity index (χ3n) is 7.24. The fourth-order valence-corrected chi connectivity index (χ4v) is 5.90. The number of hydrogen-bond acceptors (Lipinski definition) is 0. The van der Waals surface area contributed by atoms with Gasteiger partial charge in [0.05, 0.1) is 0 Å². The van der Waals surface area contributed by atoms with Gasteiger partial charge in [-0.2, -0.15) is 0 Å². The van der Waals surface area contributed by atoms with Crippen LogP contribution in [0.3, 0.4) is 0 Å². The van der Waals surface area contributed by atoms with E-state index in [2.05, 4.69) is 37.3 Å². The first kappa shape index (κ1) is 18.4. The Hall–Kier alpha value is -1.01. The molecule has 0 nitrogen and oxygen atoms in total. The fourth-order valence-electron chi connectivity index (χ4n) is 5.72. The van der Waals surface area contributed by atoms with E-state index in [1.54, 1.807) is 5.56 Å². The molecule has 4 rings (SSSR count). The first-order chi connectivity index (χ1) is 12.7. The van der Waals surface area contributed by atoms with Crippen LogP contribution < -0.4 is 0 Å². The lowest BCUT2D eigenvalue weighted by Gasteiger charge is -2.42. The molecule has 140 valence electrons. The first-order valence-electron chi connectivity index (χ1n) is 10.9. The highest BCUT2D eigenvalue weighted by atomic mass is 35.5. The molecule has 0 aromatic heterocycles. The second-order valence-electron chi connectivity index (χ2n) is 8.96. The van der Waals surface area contributed by atoms with Crippen molar-refractivity contribution in [3.05, 3.63) is 47.0 Å². The van der Waals surface area contributed by atoms with E-state index in [0.29, 0.717) is 0 Å². The number of hydrogen-bond donors (Lipinski definition) is 0.